The van der Waals surface area contributed by atoms with Crippen LogP contribution in [0.2, 0.25) is 5.02 Å². The molecule has 2 nitrogen and oxygen atoms in total. The lowest BCUT2D eigenvalue weighted by molar-refractivity contribution is 1.49. The highest BCUT2D eigenvalue weighted by molar-refractivity contribution is 7.25. The summed E-state index contributed by atoms with van der Waals surface area (Å²) in [6, 6.07) is 15.9. The standard InChI is InChI=1S/C16H7ClN2S/c17-9-5-6-13-11(7-9)12(8-18)15-10-3-1-2-4-14(10)20-16(15)19-13/h1-7H. The van der Waals surface area contributed by atoms with Crippen LogP contribution in [0.4, 0.5) is 0 Å². The number of hydrogen-bond donors (Lipinski definition) is 0. The van der Waals surface area contributed by atoms with E-state index in [1.807, 2.05) is 30.3 Å². The molecule has 0 spiro atoms. The van der Waals surface area contributed by atoms with Crippen LogP contribution in [0.1, 0.15) is 5.56 Å². The molecule has 0 N–H and O–H groups in total. The largest absolute Gasteiger partial charge is 0.237 e. The summed E-state index contributed by atoms with van der Waals surface area (Å²) in [5.74, 6) is 0. The maximum atomic E-state index is 9.59. The van der Waals surface area contributed by atoms with Gasteiger partial charge in [-0.1, -0.05) is 29.8 Å². The predicted molar refractivity (Wildman–Crippen MR) is 84.4 cm³/mol. The molecule has 2 aromatic carbocycles. The average molecular weight is 295 g/mol. The van der Waals surface area contributed by atoms with Gasteiger partial charge in [0.25, 0.3) is 0 Å². The smallest absolute Gasteiger partial charge is 0.126 e. The van der Waals surface area contributed by atoms with Gasteiger partial charge in [-0.05, 0) is 24.3 Å². The first-order valence-electron chi connectivity index (χ1n) is 6.08. The first kappa shape index (κ1) is 11.7. The fraction of sp³-hybridized carbons (Fsp3) is 0. The fourth-order valence-electron chi connectivity index (χ4n) is 2.52. The maximum Gasteiger partial charge on any atom is 0.126 e. The molecule has 2 heterocycles. The third-order valence-corrected chi connectivity index (χ3v) is 4.69. The summed E-state index contributed by atoms with van der Waals surface area (Å²) in [5, 5.41) is 13.0. The Morgan fingerprint density at radius 2 is 1.95 bits per heavy atom. The topological polar surface area (TPSA) is 36.7 Å². The molecule has 20 heavy (non-hydrogen) atoms. The molecule has 0 radical (unpaired) electrons. The van der Waals surface area contributed by atoms with Gasteiger partial charge in [0.05, 0.1) is 11.1 Å². The van der Waals surface area contributed by atoms with E-state index in [1.165, 1.54) is 0 Å². The molecule has 0 bridgehead atoms. The Hall–Kier alpha value is -2.15. The molecule has 4 rings (SSSR count). The summed E-state index contributed by atoms with van der Waals surface area (Å²) in [5.41, 5.74) is 1.47. The summed E-state index contributed by atoms with van der Waals surface area (Å²) >= 11 is 7.67. The van der Waals surface area contributed by atoms with Crippen LogP contribution in [0.5, 0.6) is 0 Å². The highest BCUT2D eigenvalue weighted by atomic mass is 35.5. The summed E-state index contributed by atoms with van der Waals surface area (Å²) in [4.78, 5) is 5.57. The molecule has 4 aromatic rings. The van der Waals surface area contributed by atoms with E-state index in [4.69, 9.17) is 11.6 Å². The van der Waals surface area contributed by atoms with Gasteiger partial charge in [-0.2, -0.15) is 5.26 Å². The Morgan fingerprint density at radius 3 is 2.80 bits per heavy atom. The van der Waals surface area contributed by atoms with Gasteiger partial charge in [0.2, 0.25) is 0 Å². The van der Waals surface area contributed by atoms with Gasteiger partial charge in [-0.3, -0.25) is 0 Å². The zero-order valence-electron chi connectivity index (χ0n) is 10.2. The normalized spacial score (nSPS) is 11.2. The maximum absolute atomic E-state index is 9.59. The minimum atomic E-state index is 0.620. The molecule has 4 heteroatoms. The van der Waals surface area contributed by atoms with Gasteiger partial charge in [-0.15, -0.1) is 11.3 Å². The van der Waals surface area contributed by atoms with E-state index in [9.17, 15) is 5.26 Å². The van der Waals surface area contributed by atoms with Gasteiger partial charge in [0, 0.05) is 25.9 Å². The van der Waals surface area contributed by atoms with E-state index < -0.39 is 0 Å². The van der Waals surface area contributed by atoms with Crippen LogP contribution in [-0.4, -0.2) is 4.98 Å². The van der Waals surface area contributed by atoms with Gasteiger partial charge in [0.15, 0.2) is 0 Å². The molecule has 0 aliphatic heterocycles. The van der Waals surface area contributed by atoms with Crippen molar-refractivity contribution in [2.75, 3.05) is 0 Å². The number of benzene rings is 2. The number of aromatic nitrogens is 1. The number of fused-ring (bicyclic) bond motifs is 4. The van der Waals surface area contributed by atoms with Crippen molar-refractivity contribution in [2.45, 2.75) is 0 Å². The number of hydrogen-bond acceptors (Lipinski definition) is 3. The minimum Gasteiger partial charge on any atom is -0.237 e. The lowest BCUT2D eigenvalue weighted by atomic mass is 10.0. The second-order valence-corrected chi connectivity index (χ2v) is 6.01. The van der Waals surface area contributed by atoms with Crippen molar-refractivity contribution in [3.8, 4) is 6.07 Å². The third kappa shape index (κ3) is 1.53. The van der Waals surface area contributed by atoms with E-state index in [0.29, 0.717) is 10.6 Å². The third-order valence-electron chi connectivity index (χ3n) is 3.39. The predicted octanol–water partition coefficient (Wildman–Crippen LogP) is 5.13. The van der Waals surface area contributed by atoms with Gasteiger partial charge in [0.1, 0.15) is 10.9 Å². The van der Waals surface area contributed by atoms with Gasteiger partial charge in [-0.25, -0.2) is 4.98 Å². The fourth-order valence-corrected chi connectivity index (χ4v) is 3.78. The molecule has 0 saturated carbocycles. The van der Waals surface area contributed by atoms with Crippen LogP contribution in [0, 0.1) is 11.3 Å². The molecule has 0 atom stereocenters. The van der Waals surface area contributed by atoms with Crippen molar-refractivity contribution in [1.82, 2.24) is 4.98 Å². The summed E-state index contributed by atoms with van der Waals surface area (Å²) in [7, 11) is 0. The lowest BCUT2D eigenvalue weighted by Gasteiger charge is -2.02. The molecule has 0 amide bonds. The zero-order valence-corrected chi connectivity index (χ0v) is 11.8. The first-order valence-corrected chi connectivity index (χ1v) is 7.28. The van der Waals surface area contributed by atoms with E-state index >= 15 is 0 Å². The molecule has 0 aliphatic carbocycles. The van der Waals surface area contributed by atoms with Crippen molar-refractivity contribution >= 4 is 54.1 Å². The molecule has 2 aromatic heterocycles. The number of nitrogens with zero attached hydrogens (tertiary/aromatic N) is 2. The first-order chi connectivity index (χ1) is 9.78. The highest BCUT2D eigenvalue weighted by Gasteiger charge is 2.14. The second-order valence-electron chi connectivity index (χ2n) is 4.54. The monoisotopic (exact) mass is 294 g/mol. The van der Waals surface area contributed by atoms with Crippen molar-refractivity contribution in [3.63, 3.8) is 0 Å². The van der Waals surface area contributed by atoms with E-state index in [2.05, 4.69) is 17.1 Å². The van der Waals surface area contributed by atoms with Crippen molar-refractivity contribution in [2.24, 2.45) is 0 Å². The summed E-state index contributed by atoms with van der Waals surface area (Å²) in [6.45, 7) is 0. The Balaban J connectivity index is 2.34. The Labute approximate surface area is 123 Å². The molecular formula is C16H7ClN2S. The summed E-state index contributed by atoms with van der Waals surface area (Å²) < 4.78 is 1.15. The molecular weight excluding hydrogens is 288 g/mol. The lowest BCUT2D eigenvalue weighted by Crippen LogP contribution is -1.86. The van der Waals surface area contributed by atoms with Gasteiger partial charge < -0.3 is 0 Å². The molecule has 0 aliphatic rings. The Kier molecular flexibility index (Phi) is 2.43. The van der Waals surface area contributed by atoms with Gasteiger partial charge >= 0.3 is 0 Å². The molecule has 94 valence electrons. The van der Waals surface area contributed by atoms with E-state index in [-0.39, 0.29) is 0 Å². The van der Waals surface area contributed by atoms with E-state index in [1.54, 1.807) is 17.4 Å². The SMILES string of the molecule is N#Cc1c2cc(Cl)ccc2nc2sc3ccccc3c12. The van der Waals surface area contributed by atoms with Crippen molar-refractivity contribution in [1.29, 1.82) is 5.26 Å². The molecule has 0 fully saturated rings. The molecule has 0 saturated heterocycles. The Bertz CT molecular complexity index is 1030. The zero-order chi connectivity index (χ0) is 13.7. The van der Waals surface area contributed by atoms with Crippen LogP contribution < -0.4 is 0 Å². The van der Waals surface area contributed by atoms with Crippen LogP contribution >= 0.6 is 22.9 Å². The van der Waals surface area contributed by atoms with Crippen molar-refractivity contribution < 1.29 is 0 Å². The number of rotatable bonds is 0. The second kappa shape index (κ2) is 4.17. The van der Waals surface area contributed by atoms with Crippen LogP contribution in [-0.2, 0) is 0 Å². The quantitative estimate of drug-likeness (QED) is 0.451. The van der Waals surface area contributed by atoms with Crippen LogP contribution in [0.3, 0.4) is 0 Å². The number of thiophene rings is 1. The Morgan fingerprint density at radius 1 is 1.10 bits per heavy atom. The summed E-state index contributed by atoms with van der Waals surface area (Å²) in [6.07, 6.45) is 0. The van der Waals surface area contributed by atoms with Crippen molar-refractivity contribution in [3.05, 3.63) is 53.1 Å². The number of pyridine rings is 1. The average Bonchev–Trinajstić information content (AvgIpc) is 2.83. The number of halogens is 1. The molecule has 0 unspecified atom stereocenters. The minimum absolute atomic E-state index is 0.620. The van der Waals surface area contributed by atoms with Crippen LogP contribution in [0.15, 0.2) is 42.5 Å². The van der Waals surface area contributed by atoms with E-state index in [0.717, 1.165) is 31.2 Å². The van der Waals surface area contributed by atoms with Crippen LogP contribution in [0.25, 0.3) is 31.2 Å². The highest BCUT2D eigenvalue weighted by Crippen LogP contribution is 2.37. The number of nitriles is 1.